The van der Waals surface area contributed by atoms with Gasteiger partial charge in [-0.05, 0) is 38.1 Å². The average molecular weight is 254 g/mol. The third-order valence-electron chi connectivity index (χ3n) is 4.44. The molecule has 3 heteroatoms. The quantitative estimate of drug-likeness (QED) is 0.813. The third-order valence-corrected chi connectivity index (χ3v) is 4.44. The maximum Gasteiger partial charge on any atom is 0.0594 e. The maximum atomic E-state index is 5.39. The van der Waals surface area contributed by atoms with E-state index in [-0.39, 0.29) is 0 Å². The number of morpholine rings is 1. The van der Waals surface area contributed by atoms with Crippen LogP contribution in [0.15, 0.2) is 0 Å². The first-order valence-corrected chi connectivity index (χ1v) is 7.77. The molecule has 0 amide bonds. The summed E-state index contributed by atoms with van der Waals surface area (Å²) in [4.78, 5) is 2.52. The van der Waals surface area contributed by atoms with Crippen LogP contribution >= 0.6 is 0 Å². The van der Waals surface area contributed by atoms with Crippen molar-refractivity contribution in [2.24, 2.45) is 11.8 Å². The van der Waals surface area contributed by atoms with Crippen LogP contribution in [0.1, 0.15) is 39.5 Å². The van der Waals surface area contributed by atoms with E-state index in [2.05, 4.69) is 24.1 Å². The van der Waals surface area contributed by atoms with E-state index in [0.29, 0.717) is 6.04 Å². The number of hydrogen-bond acceptors (Lipinski definition) is 3. The maximum absolute atomic E-state index is 5.39. The van der Waals surface area contributed by atoms with Crippen molar-refractivity contribution >= 4 is 0 Å². The molecular formula is C15H30N2O. The van der Waals surface area contributed by atoms with Gasteiger partial charge in [-0.1, -0.05) is 19.8 Å². The summed E-state index contributed by atoms with van der Waals surface area (Å²) >= 11 is 0. The SMILES string of the molecule is CC1CCCC(CNC(C)CN2CCOCC2)C1. The predicted octanol–water partition coefficient (Wildman–Crippen LogP) is 2.12. The minimum atomic E-state index is 0.611. The number of nitrogens with one attached hydrogen (secondary N) is 1. The zero-order chi connectivity index (χ0) is 12.8. The van der Waals surface area contributed by atoms with E-state index in [1.54, 1.807) is 0 Å². The predicted molar refractivity (Wildman–Crippen MR) is 75.8 cm³/mol. The van der Waals surface area contributed by atoms with E-state index in [1.165, 1.54) is 38.8 Å². The molecule has 0 radical (unpaired) electrons. The molecule has 0 spiro atoms. The molecule has 0 aromatic carbocycles. The van der Waals surface area contributed by atoms with Crippen LogP contribution < -0.4 is 5.32 Å². The minimum absolute atomic E-state index is 0.611. The van der Waals surface area contributed by atoms with Crippen LogP contribution in [0, 0.1) is 11.8 Å². The van der Waals surface area contributed by atoms with Crippen molar-refractivity contribution in [1.29, 1.82) is 0 Å². The van der Waals surface area contributed by atoms with Crippen LogP contribution in [-0.4, -0.2) is 50.3 Å². The molecule has 1 N–H and O–H groups in total. The van der Waals surface area contributed by atoms with Gasteiger partial charge in [-0.25, -0.2) is 0 Å². The summed E-state index contributed by atoms with van der Waals surface area (Å²) in [6, 6.07) is 0.611. The molecule has 0 aromatic heterocycles. The summed E-state index contributed by atoms with van der Waals surface area (Å²) in [7, 11) is 0. The molecule has 1 aliphatic carbocycles. The summed E-state index contributed by atoms with van der Waals surface area (Å²) < 4.78 is 5.39. The first kappa shape index (κ1) is 14.3. The van der Waals surface area contributed by atoms with Crippen LogP contribution in [0.25, 0.3) is 0 Å². The lowest BCUT2D eigenvalue weighted by Crippen LogP contribution is -2.45. The molecule has 1 saturated carbocycles. The highest BCUT2D eigenvalue weighted by molar-refractivity contribution is 4.75. The zero-order valence-corrected chi connectivity index (χ0v) is 12.2. The Morgan fingerprint density at radius 1 is 1.28 bits per heavy atom. The van der Waals surface area contributed by atoms with Crippen LogP contribution in [0.3, 0.4) is 0 Å². The van der Waals surface area contributed by atoms with E-state index in [4.69, 9.17) is 4.74 Å². The zero-order valence-electron chi connectivity index (χ0n) is 12.2. The second-order valence-corrected chi connectivity index (χ2v) is 6.36. The summed E-state index contributed by atoms with van der Waals surface area (Å²) in [5.41, 5.74) is 0. The molecular weight excluding hydrogens is 224 g/mol. The second kappa shape index (κ2) is 7.46. The Kier molecular flexibility index (Phi) is 5.93. The molecule has 2 rings (SSSR count). The lowest BCUT2D eigenvalue weighted by molar-refractivity contribution is 0.0341. The Balaban J connectivity index is 1.60. The van der Waals surface area contributed by atoms with Crippen molar-refractivity contribution in [3.63, 3.8) is 0 Å². The Morgan fingerprint density at radius 2 is 2.06 bits per heavy atom. The van der Waals surface area contributed by atoms with Gasteiger partial charge in [-0.3, -0.25) is 4.90 Å². The molecule has 1 saturated heterocycles. The molecule has 3 unspecified atom stereocenters. The van der Waals surface area contributed by atoms with Crippen molar-refractivity contribution in [3.8, 4) is 0 Å². The molecule has 18 heavy (non-hydrogen) atoms. The topological polar surface area (TPSA) is 24.5 Å². The lowest BCUT2D eigenvalue weighted by atomic mass is 9.82. The highest BCUT2D eigenvalue weighted by Crippen LogP contribution is 2.27. The molecule has 0 aromatic rings. The number of hydrogen-bond donors (Lipinski definition) is 1. The van der Waals surface area contributed by atoms with Crippen LogP contribution in [0.5, 0.6) is 0 Å². The molecule has 1 aliphatic heterocycles. The molecule has 106 valence electrons. The fourth-order valence-electron chi connectivity index (χ4n) is 3.35. The standard InChI is InChI=1S/C15H30N2O/c1-13-4-3-5-15(10-13)11-16-14(2)12-17-6-8-18-9-7-17/h13-16H,3-12H2,1-2H3. The summed E-state index contributed by atoms with van der Waals surface area (Å²) in [6.07, 6.45) is 5.74. The van der Waals surface area contributed by atoms with Gasteiger partial charge in [0.15, 0.2) is 0 Å². The van der Waals surface area contributed by atoms with Gasteiger partial charge in [0, 0.05) is 25.7 Å². The Bertz CT molecular complexity index is 229. The normalized spacial score (nSPS) is 32.3. The smallest absolute Gasteiger partial charge is 0.0594 e. The average Bonchev–Trinajstić information content (AvgIpc) is 2.38. The van der Waals surface area contributed by atoms with Gasteiger partial charge in [0.25, 0.3) is 0 Å². The van der Waals surface area contributed by atoms with Gasteiger partial charge in [0.2, 0.25) is 0 Å². The van der Waals surface area contributed by atoms with Gasteiger partial charge in [0.05, 0.1) is 13.2 Å². The number of ether oxygens (including phenoxy) is 1. The van der Waals surface area contributed by atoms with Crippen LogP contribution in [-0.2, 0) is 4.74 Å². The van der Waals surface area contributed by atoms with Crippen molar-refractivity contribution in [2.45, 2.75) is 45.6 Å². The minimum Gasteiger partial charge on any atom is -0.379 e. The first-order valence-electron chi connectivity index (χ1n) is 7.77. The van der Waals surface area contributed by atoms with Gasteiger partial charge in [-0.2, -0.15) is 0 Å². The Hall–Kier alpha value is -0.120. The summed E-state index contributed by atoms with van der Waals surface area (Å²) in [5.74, 6) is 1.86. The summed E-state index contributed by atoms with van der Waals surface area (Å²) in [5, 5.41) is 3.74. The van der Waals surface area contributed by atoms with Crippen molar-refractivity contribution in [2.75, 3.05) is 39.4 Å². The van der Waals surface area contributed by atoms with Gasteiger partial charge >= 0.3 is 0 Å². The van der Waals surface area contributed by atoms with Gasteiger partial charge in [-0.15, -0.1) is 0 Å². The molecule has 0 bridgehead atoms. The van der Waals surface area contributed by atoms with Crippen molar-refractivity contribution in [1.82, 2.24) is 10.2 Å². The fraction of sp³-hybridized carbons (Fsp3) is 1.00. The third kappa shape index (κ3) is 4.87. The Labute approximate surface area is 112 Å². The molecule has 2 aliphatic rings. The second-order valence-electron chi connectivity index (χ2n) is 6.36. The van der Waals surface area contributed by atoms with Gasteiger partial charge in [0.1, 0.15) is 0 Å². The number of rotatable bonds is 5. The molecule has 3 nitrogen and oxygen atoms in total. The Morgan fingerprint density at radius 3 is 2.78 bits per heavy atom. The molecule has 3 atom stereocenters. The van der Waals surface area contributed by atoms with E-state index in [9.17, 15) is 0 Å². The first-order chi connectivity index (χ1) is 8.74. The van der Waals surface area contributed by atoms with Gasteiger partial charge < -0.3 is 10.1 Å². The van der Waals surface area contributed by atoms with Crippen molar-refractivity contribution < 1.29 is 4.74 Å². The van der Waals surface area contributed by atoms with Crippen molar-refractivity contribution in [3.05, 3.63) is 0 Å². The largest absolute Gasteiger partial charge is 0.379 e. The highest BCUT2D eigenvalue weighted by atomic mass is 16.5. The highest BCUT2D eigenvalue weighted by Gasteiger charge is 2.20. The lowest BCUT2D eigenvalue weighted by Gasteiger charge is -2.31. The van der Waals surface area contributed by atoms with Crippen LogP contribution in [0.2, 0.25) is 0 Å². The molecule has 1 heterocycles. The monoisotopic (exact) mass is 254 g/mol. The van der Waals surface area contributed by atoms with Crippen LogP contribution in [0.4, 0.5) is 0 Å². The van der Waals surface area contributed by atoms with E-state index in [0.717, 1.165) is 38.1 Å². The summed E-state index contributed by atoms with van der Waals surface area (Å²) in [6.45, 7) is 11.1. The fourth-order valence-corrected chi connectivity index (χ4v) is 3.35. The van der Waals surface area contributed by atoms with E-state index in [1.807, 2.05) is 0 Å². The van der Waals surface area contributed by atoms with E-state index < -0.39 is 0 Å². The van der Waals surface area contributed by atoms with E-state index >= 15 is 0 Å². The number of nitrogens with zero attached hydrogens (tertiary/aromatic N) is 1. The molecule has 2 fully saturated rings.